The van der Waals surface area contributed by atoms with Gasteiger partial charge in [0, 0.05) is 32.3 Å². The highest BCUT2D eigenvalue weighted by atomic mass is 16.5. The molecular weight excluding hydrogens is 412 g/mol. The number of hydrogen-bond donors (Lipinski definition) is 2. The average Bonchev–Trinajstić information content (AvgIpc) is 3.33. The predicted molar refractivity (Wildman–Crippen MR) is 121 cm³/mol. The van der Waals surface area contributed by atoms with Crippen molar-refractivity contribution in [3.05, 3.63) is 47.5 Å². The lowest BCUT2D eigenvalue weighted by Gasteiger charge is -2.31. The maximum absolute atomic E-state index is 12.5. The molecule has 1 atom stereocenters. The lowest BCUT2D eigenvalue weighted by atomic mass is 9.95. The predicted octanol–water partition coefficient (Wildman–Crippen LogP) is 2.91. The molecule has 1 aliphatic heterocycles. The van der Waals surface area contributed by atoms with E-state index in [0.29, 0.717) is 18.7 Å². The van der Waals surface area contributed by atoms with Gasteiger partial charge in [0.2, 0.25) is 5.91 Å². The largest absolute Gasteiger partial charge is 0.478 e. The fraction of sp³-hybridized carbons (Fsp3) is 0.542. The molecule has 1 saturated carbocycles. The van der Waals surface area contributed by atoms with Crippen LogP contribution in [0.2, 0.25) is 0 Å². The standard InChI is InChI=1S/C20H30N2O2.C4H4O4/c1-16(21(2)20(23)15-22-11-13-24-14-12-22)17-7-9-19(10-8-17)18-5-3-4-6-18;5-3(6)1-2-4(7)8/h7-10,16,18H,3-6,11-15H2,1-2H3;1-2H,(H,5,6)(H,7,8)/b;2-1+. The van der Waals surface area contributed by atoms with Crippen LogP contribution < -0.4 is 0 Å². The van der Waals surface area contributed by atoms with Crippen molar-refractivity contribution in [3.8, 4) is 0 Å². The summed E-state index contributed by atoms with van der Waals surface area (Å²) in [6.07, 6.45) is 6.49. The van der Waals surface area contributed by atoms with Gasteiger partial charge in [-0.1, -0.05) is 37.1 Å². The van der Waals surface area contributed by atoms with Crippen molar-refractivity contribution in [1.82, 2.24) is 9.80 Å². The molecule has 1 aromatic carbocycles. The number of ether oxygens (including phenoxy) is 1. The lowest BCUT2D eigenvalue weighted by Crippen LogP contribution is -2.44. The lowest BCUT2D eigenvalue weighted by molar-refractivity contribution is -0.134. The second-order valence-corrected chi connectivity index (χ2v) is 8.23. The SMILES string of the molecule is CC(c1ccc(C2CCCC2)cc1)N(C)C(=O)CN1CCOCC1.O=C(O)/C=C/C(=O)O. The molecule has 0 aromatic heterocycles. The highest BCUT2D eigenvalue weighted by Crippen LogP contribution is 2.34. The zero-order chi connectivity index (χ0) is 23.5. The van der Waals surface area contributed by atoms with Gasteiger partial charge in [0.05, 0.1) is 25.8 Å². The number of benzene rings is 1. The molecule has 1 amide bonds. The molecule has 2 aliphatic rings. The molecule has 1 unspecified atom stereocenters. The van der Waals surface area contributed by atoms with Crippen LogP contribution in [0.5, 0.6) is 0 Å². The fourth-order valence-corrected chi connectivity index (χ4v) is 3.95. The Bertz CT molecular complexity index is 764. The van der Waals surface area contributed by atoms with Crippen LogP contribution in [0.3, 0.4) is 0 Å². The summed E-state index contributed by atoms with van der Waals surface area (Å²) in [5, 5.41) is 15.6. The number of carboxylic acids is 2. The van der Waals surface area contributed by atoms with Gasteiger partial charge in [-0.15, -0.1) is 0 Å². The normalized spacial score (nSPS) is 18.1. The Kier molecular flexibility index (Phi) is 10.4. The molecule has 3 rings (SSSR count). The number of aliphatic carboxylic acids is 2. The highest BCUT2D eigenvalue weighted by Gasteiger charge is 2.22. The monoisotopic (exact) mass is 446 g/mol. The summed E-state index contributed by atoms with van der Waals surface area (Å²) in [7, 11) is 1.92. The number of carbonyl (C=O) groups excluding carboxylic acids is 1. The van der Waals surface area contributed by atoms with Crippen molar-refractivity contribution in [1.29, 1.82) is 0 Å². The third-order valence-electron chi connectivity index (χ3n) is 6.05. The highest BCUT2D eigenvalue weighted by molar-refractivity contribution is 5.89. The summed E-state index contributed by atoms with van der Waals surface area (Å²) in [6, 6.07) is 9.05. The summed E-state index contributed by atoms with van der Waals surface area (Å²) in [5.74, 6) is -1.58. The summed E-state index contributed by atoms with van der Waals surface area (Å²) in [4.78, 5) is 35.7. The molecule has 0 spiro atoms. The molecule has 0 bridgehead atoms. The van der Waals surface area contributed by atoms with Crippen LogP contribution >= 0.6 is 0 Å². The number of likely N-dealkylation sites (N-methyl/N-ethyl adjacent to an activating group) is 1. The molecule has 0 radical (unpaired) electrons. The van der Waals surface area contributed by atoms with Crippen molar-refractivity contribution in [3.63, 3.8) is 0 Å². The Morgan fingerprint density at radius 2 is 1.59 bits per heavy atom. The van der Waals surface area contributed by atoms with Gasteiger partial charge in [-0.2, -0.15) is 0 Å². The van der Waals surface area contributed by atoms with E-state index in [1.54, 1.807) is 0 Å². The van der Waals surface area contributed by atoms with Gasteiger partial charge in [-0.25, -0.2) is 9.59 Å². The molecule has 176 valence electrons. The topological polar surface area (TPSA) is 107 Å². The Labute approximate surface area is 189 Å². The maximum Gasteiger partial charge on any atom is 0.328 e. The number of amides is 1. The second-order valence-electron chi connectivity index (χ2n) is 8.23. The average molecular weight is 447 g/mol. The van der Waals surface area contributed by atoms with Gasteiger partial charge in [-0.3, -0.25) is 9.69 Å². The van der Waals surface area contributed by atoms with Crippen molar-refractivity contribution in [2.45, 2.75) is 44.6 Å². The van der Waals surface area contributed by atoms with E-state index in [1.165, 1.54) is 36.8 Å². The summed E-state index contributed by atoms with van der Waals surface area (Å²) < 4.78 is 5.35. The molecule has 8 nitrogen and oxygen atoms in total. The molecule has 32 heavy (non-hydrogen) atoms. The number of carbonyl (C=O) groups is 3. The molecular formula is C24H34N2O6. The van der Waals surface area contributed by atoms with E-state index in [1.807, 2.05) is 11.9 Å². The van der Waals surface area contributed by atoms with Crippen LogP contribution in [0, 0.1) is 0 Å². The van der Waals surface area contributed by atoms with E-state index in [9.17, 15) is 14.4 Å². The molecule has 8 heteroatoms. The van der Waals surface area contributed by atoms with E-state index in [0.717, 1.165) is 32.2 Å². The summed E-state index contributed by atoms with van der Waals surface area (Å²) in [6.45, 7) is 5.77. The first-order chi connectivity index (χ1) is 15.3. The van der Waals surface area contributed by atoms with Gasteiger partial charge in [-0.05, 0) is 36.8 Å². The summed E-state index contributed by atoms with van der Waals surface area (Å²) >= 11 is 0. The van der Waals surface area contributed by atoms with Gasteiger partial charge in [0.25, 0.3) is 0 Å². The smallest absolute Gasteiger partial charge is 0.328 e. The third-order valence-corrected chi connectivity index (χ3v) is 6.05. The van der Waals surface area contributed by atoms with Crippen molar-refractivity contribution in [2.24, 2.45) is 0 Å². The second kappa shape index (κ2) is 13.0. The fourth-order valence-electron chi connectivity index (χ4n) is 3.95. The minimum atomic E-state index is -1.26. The Balaban J connectivity index is 0.000000390. The van der Waals surface area contributed by atoms with Crippen LogP contribution in [-0.4, -0.2) is 77.8 Å². The first kappa shape index (κ1) is 25.5. The number of morpholine rings is 1. The van der Waals surface area contributed by atoms with Gasteiger partial charge >= 0.3 is 11.9 Å². The van der Waals surface area contributed by atoms with E-state index in [2.05, 4.69) is 36.1 Å². The minimum absolute atomic E-state index is 0.108. The summed E-state index contributed by atoms with van der Waals surface area (Å²) in [5.41, 5.74) is 2.68. The Morgan fingerprint density at radius 1 is 1.06 bits per heavy atom. The van der Waals surface area contributed by atoms with Crippen molar-refractivity contribution < 1.29 is 29.3 Å². The molecule has 2 fully saturated rings. The minimum Gasteiger partial charge on any atom is -0.478 e. The number of rotatable bonds is 7. The van der Waals surface area contributed by atoms with E-state index in [-0.39, 0.29) is 11.9 Å². The first-order valence-electron chi connectivity index (χ1n) is 11.1. The zero-order valence-corrected chi connectivity index (χ0v) is 18.9. The molecule has 1 saturated heterocycles. The van der Waals surface area contributed by atoms with E-state index in [4.69, 9.17) is 14.9 Å². The maximum atomic E-state index is 12.5. The quantitative estimate of drug-likeness (QED) is 0.620. The number of hydrogen-bond acceptors (Lipinski definition) is 5. The van der Waals surface area contributed by atoms with E-state index >= 15 is 0 Å². The van der Waals surface area contributed by atoms with Crippen LogP contribution in [0.15, 0.2) is 36.4 Å². The van der Waals surface area contributed by atoms with Crippen molar-refractivity contribution >= 4 is 17.8 Å². The molecule has 1 aliphatic carbocycles. The number of carboxylic acid groups (broad SMARTS) is 2. The molecule has 2 N–H and O–H groups in total. The molecule has 1 heterocycles. The number of nitrogens with zero attached hydrogens (tertiary/aromatic N) is 2. The molecule has 1 aromatic rings. The Morgan fingerprint density at radius 3 is 2.09 bits per heavy atom. The zero-order valence-electron chi connectivity index (χ0n) is 18.9. The van der Waals surface area contributed by atoms with Crippen LogP contribution in [0.1, 0.15) is 55.7 Å². The van der Waals surface area contributed by atoms with Crippen LogP contribution in [-0.2, 0) is 19.1 Å². The van der Waals surface area contributed by atoms with Gasteiger partial charge < -0.3 is 19.8 Å². The van der Waals surface area contributed by atoms with Crippen molar-refractivity contribution in [2.75, 3.05) is 39.9 Å². The van der Waals surface area contributed by atoms with Gasteiger partial charge in [0.1, 0.15) is 0 Å². The van der Waals surface area contributed by atoms with Gasteiger partial charge in [0.15, 0.2) is 0 Å². The third kappa shape index (κ3) is 8.43. The Hall–Kier alpha value is -2.71. The first-order valence-corrected chi connectivity index (χ1v) is 11.1. The van der Waals surface area contributed by atoms with E-state index < -0.39 is 11.9 Å². The van der Waals surface area contributed by atoms with Crippen LogP contribution in [0.4, 0.5) is 0 Å². The van der Waals surface area contributed by atoms with Crippen LogP contribution in [0.25, 0.3) is 0 Å².